The van der Waals surface area contributed by atoms with Gasteiger partial charge in [0.25, 0.3) is 0 Å². The molecule has 1 aromatic carbocycles. The number of benzene rings is 1. The lowest BCUT2D eigenvalue weighted by Crippen LogP contribution is -2.35. The van der Waals surface area contributed by atoms with E-state index < -0.39 is 23.0 Å². The zero-order valence-corrected chi connectivity index (χ0v) is 18.5. The maximum Gasteiger partial charge on any atom is 0.225 e. The number of hydrogen-bond donors (Lipinski definition) is 0. The molecule has 0 N–H and O–H groups in total. The van der Waals surface area contributed by atoms with Crippen molar-refractivity contribution in [2.75, 3.05) is 24.6 Å². The van der Waals surface area contributed by atoms with Gasteiger partial charge in [0.05, 0.1) is 36.2 Å². The Balaban J connectivity index is 1.06. The van der Waals surface area contributed by atoms with Crippen LogP contribution < -0.4 is 4.90 Å². The van der Waals surface area contributed by atoms with E-state index in [4.69, 9.17) is 16.3 Å². The van der Waals surface area contributed by atoms with Gasteiger partial charge in [-0.25, -0.2) is 18.7 Å². The van der Waals surface area contributed by atoms with Crippen LogP contribution in [0.3, 0.4) is 0 Å². The number of nitrogens with zero attached hydrogens (tertiary/aromatic N) is 3. The maximum absolute atomic E-state index is 14.3. The molecule has 0 radical (unpaired) electrons. The molecule has 1 saturated heterocycles. The highest BCUT2D eigenvalue weighted by molar-refractivity contribution is 6.30. The van der Waals surface area contributed by atoms with Crippen LogP contribution in [0.5, 0.6) is 0 Å². The van der Waals surface area contributed by atoms with Gasteiger partial charge < -0.3 is 9.64 Å². The van der Waals surface area contributed by atoms with E-state index in [1.165, 1.54) is 12.1 Å². The van der Waals surface area contributed by atoms with E-state index in [0.29, 0.717) is 34.9 Å². The lowest BCUT2D eigenvalue weighted by atomic mass is 9.91. The number of ketones is 1. The summed E-state index contributed by atoms with van der Waals surface area (Å²) in [4.78, 5) is 22.8. The molecule has 2 saturated carbocycles. The summed E-state index contributed by atoms with van der Waals surface area (Å²) in [7, 11) is 0. The largest absolute Gasteiger partial charge is 0.376 e. The van der Waals surface area contributed by atoms with Crippen molar-refractivity contribution in [1.82, 2.24) is 9.97 Å². The van der Waals surface area contributed by atoms with Crippen molar-refractivity contribution < 1.29 is 18.3 Å². The second-order valence-corrected chi connectivity index (χ2v) is 9.71. The number of carbonyl (C=O) groups is 1. The van der Waals surface area contributed by atoms with Crippen LogP contribution in [-0.2, 0) is 11.3 Å². The Morgan fingerprint density at radius 2 is 1.75 bits per heavy atom. The fraction of sp³-hybridized carbons (Fsp3) is 0.542. The third kappa shape index (κ3) is 4.79. The fourth-order valence-electron chi connectivity index (χ4n) is 4.86. The third-order valence-electron chi connectivity index (χ3n) is 6.91. The van der Waals surface area contributed by atoms with Crippen molar-refractivity contribution >= 4 is 23.3 Å². The van der Waals surface area contributed by atoms with Crippen LogP contribution in [0, 0.1) is 35.3 Å². The summed E-state index contributed by atoms with van der Waals surface area (Å²) in [6.45, 7) is 2.61. The molecular weight excluding hydrogens is 436 g/mol. The van der Waals surface area contributed by atoms with E-state index in [2.05, 4.69) is 14.9 Å². The molecule has 32 heavy (non-hydrogen) atoms. The van der Waals surface area contributed by atoms with Crippen molar-refractivity contribution in [3.05, 3.63) is 52.3 Å². The Kier molecular flexibility index (Phi) is 6.12. The zero-order valence-electron chi connectivity index (χ0n) is 17.8. The van der Waals surface area contributed by atoms with Crippen LogP contribution in [0.25, 0.3) is 0 Å². The number of carbonyl (C=O) groups excluding carboxylic acids is 1. The van der Waals surface area contributed by atoms with Gasteiger partial charge in [-0.2, -0.15) is 0 Å². The van der Waals surface area contributed by atoms with Gasteiger partial charge in [-0.15, -0.1) is 0 Å². The molecule has 0 amide bonds. The first-order valence-electron chi connectivity index (χ1n) is 11.3. The number of rotatable bonds is 8. The molecule has 3 fully saturated rings. The van der Waals surface area contributed by atoms with Gasteiger partial charge in [0, 0.05) is 19.0 Å². The predicted octanol–water partition coefficient (Wildman–Crippen LogP) is 5.07. The molecule has 0 bridgehead atoms. The van der Waals surface area contributed by atoms with E-state index in [9.17, 15) is 13.6 Å². The third-order valence-corrected chi connectivity index (χ3v) is 7.10. The Morgan fingerprint density at radius 3 is 2.38 bits per heavy atom. The van der Waals surface area contributed by atoms with Crippen LogP contribution in [0.15, 0.2) is 24.5 Å². The molecule has 1 aromatic heterocycles. The Bertz CT molecular complexity index is 968. The van der Waals surface area contributed by atoms with Crippen molar-refractivity contribution in [3.63, 3.8) is 0 Å². The van der Waals surface area contributed by atoms with Crippen LogP contribution >= 0.6 is 11.6 Å². The second-order valence-electron chi connectivity index (χ2n) is 9.27. The maximum atomic E-state index is 14.3. The van der Waals surface area contributed by atoms with E-state index in [1.807, 2.05) is 0 Å². The quantitative estimate of drug-likeness (QED) is 0.514. The van der Waals surface area contributed by atoms with Crippen LogP contribution in [0.4, 0.5) is 14.7 Å². The molecule has 5 rings (SSSR count). The molecule has 0 spiro atoms. The topological polar surface area (TPSA) is 55.3 Å². The fourth-order valence-corrected chi connectivity index (χ4v) is 4.96. The summed E-state index contributed by atoms with van der Waals surface area (Å²) in [6, 6.07) is 2.47. The number of piperidine rings is 1. The molecular formula is C24H26ClF2N3O2. The summed E-state index contributed by atoms with van der Waals surface area (Å²) < 4.78 is 34.4. The first-order chi connectivity index (χ1) is 15.5. The summed E-state index contributed by atoms with van der Waals surface area (Å²) in [5.74, 6) is 0.365. The standard InChI is InChI=1S/C24H26ClF2N3O2/c25-18-10-28-24(29-11-18)30-5-3-15(4-6-30)19-9-17(19)13-32-12-14-7-20(26)22(21(27)8-14)23(31)16-1-2-16/h7-8,10-11,15-17,19H,1-6,9,12-13H2. The van der Waals surface area contributed by atoms with Crippen molar-refractivity contribution in [3.8, 4) is 0 Å². The van der Waals surface area contributed by atoms with Gasteiger partial charge in [-0.05, 0) is 67.6 Å². The smallest absolute Gasteiger partial charge is 0.225 e. The highest BCUT2D eigenvalue weighted by atomic mass is 35.5. The molecule has 2 aliphatic carbocycles. The molecule has 1 aliphatic heterocycles. The average molecular weight is 462 g/mol. The zero-order chi connectivity index (χ0) is 22.2. The number of aromatic nitrogens is 2. The van der Waals surface area contributed by atoms with E-state index in [0.717, 1.165) is 51.1 Å². The molecule has 2 heterocycles. The van der Waals surface area contributed by atoms with E-state index in [-0.39, 0.29) is 12.5 Å². The van der Waals surface area contributed by atoms with Gasteiger partial charge in [0.1, 0.15) is 11.6 Å². The number of ether oxygens (including phenoxy) is 1. The molecule has 5 nitrogen and oxygen atoms in total. The summed E-state index contributed by atoms with van der Waals surface area (Å²) in [6.07, 6.45) is 8.03. The predicted molar refractivity (Wildman–Crippen MR) is 117 cm³/mol. The average Bonchev–Trinajstić information content (AvgIpc) is 3.68. The normalized spacial score (nSPS) is 23.4. The number of halogens is 3. The van der Waals surface area contributed by atoms with E-state index >= 15 is 0 Å². The molecule has 8 heteroatoms. The Morgan fingerprint density at radius 1 is 1.09 bits per heavy atom. The van der Waals surface area contributed by atoms with Gasteiger partial charge >= 0.3 is 0 Å². The molecule has 2 atom stereocenters. The Hall–Kier alpha value is -2.12. The highest BCUT2D eigenvalue weighted by Gasteiger charge is 2.43. The minimum absolute atomic E-state index is 0.154. The minimum Gasteiger partial charge on any atom is -0.376 e. The molecule has 3 aliphatic rings. The summed E-state index contributed by atoms with van der Waals surface area (Å²) in [5.41, 5.74) is 0.0367. The Labute approximate surface area is 191 Å². The number of anilines is 1. The molecule has 170 valence electrons. The number of Topliss-reactive ketones (excluding diaryl/α,β-unsaturated/α-hetero) is 1. The number of hydrogen-bond acceptors (Lipinski definition) is 5. The first kappa shape index (κ1) is 21.7. The SMILES string of the molecule is O=C(c1c(F)cc(COCC2CC2C2CCN(c3ncc(Cl)cn3)CC2)cc1F)C1CC1. The van der Waals surface area contributed by atoms with E-state index in [1.54, 1.807) is 12.4 Å². The van der Waals surface area contributed by atoms with Gasteiger partial charge in [0.2, 0.25) is 5.95 Å². The minimum atomic E-state index is -0.777. The second kappa shape index (κ2) is 9.02. The summed E-state index contributed by atoms with van der Waals surface area (Å²) >= 11 is 5.86. The lowest BCUT2D eigenvalue weighted by Gasteiger charge is -2.32. The molecule has 2 aromatic rings. The van der Waals surface area contributed by atoms with Gasteiger partial charge in [0.15, 0.2) is 5.78 Å². The van der Waals surface area contributed by atoms with Crippen LogP contribution in [0.2, 0.25) is 5.02 Å². The van der Waals surface area contributed by atoms with Crippen molar-refractivity contribution in [2.24, 2.45) is 23.7 Å². The van der Waals surface area contributed by atoms with Gasteiger partial charge in [-0.3, -0.25) is 4.79 Å². The van der Waals surface area contributed by atoms with Crippen LogP contribution in [0.1, 0.15) is 48.0 Å². The first-order valence-corrected chi connectivity index (χ1v) is 11.7. The van der Waals surface area contributed by atoms with Crippen LogP contribution in [-0.4, -0.2) is 35.4 Å². The van der Waals surface area contributed by atoms with Crippen molar-refractivity contribution in [2.45, 2.75) is 38.7 Å². The monoisotopic (exact) mass is 461 g/mol. The molecule has 2 unspecified atom stereocenters. The van der Waals surface area contributed by atoms with Crippen molar-refractivity contribution in [1.29, 1.82) is 0 Å². The van der Waals surface area contributed by atoms with Gasteiger partial charge in [-0.1, -0.05) is 11.6 Å². The lowest BCUT2D eigenvalue weighted by molar-refractivity contribution is 0.0956. The highest BCUT2D eigenvalue weighted by Crippen LogP contribution is 2.48. The summed E-state index contributed by atoms with van der Waals surface area (Å²) in [5, 5.41) is 0.539.